The van der Waals surface area contributed by atoms with E-state index < -0.39 is 0 Å². The van der Waals surface area contributed by atoms with Gasteiger partial charge in [-0.15, -0.1) is 5.10 Å². The highest BCUT2D eigenvalue weighted by Gasteiger charge is 2.11. The van der Waals surface area contributed by atoms with E-state index in [-0.39, 0.29) is 6.04 Å². The van der Waals surface area contributed by atoms with E-state index in [1.165, 1.54) is 0 Å². The van der Waals surface area contributed by atoms with Crippen LogP contribution < -0.4 is 10.1 Å². The van der Waals surface area contributed by atoms with E-state index in [2.05, 4.69) is 44.5 Å². The second-order valence-corrected chi connectivity index (χ2v) is 5.28. The number of aromatic nitrogens is 3. The Bertz CT molecular complexity index is 555. The van der Waals surface area contributed by atoms with Crippen LogP contribution in [0.25, 0.3) is 0 Å². The molecule has 5 nitrogen and oxygen atoms in total. The van der Waals surface area contributed by atoms with Crippen molar-refractivity contribution in [1.82, 2.24) is 20.3 Å². The minimum atomic E-state index is 0.227. The summed E-state index contributed by atoms with van der Waals surface area (Å²) >= 11 is 3.47. The van der Waals surface area contributed by atoms with E-state index in [0.29, 0.717) is 6.61 Å². The number of hydrogen-bond donors (Lipinski definition) is 1. The molecule has 0 saturated carbocycles. The zero-order chi connectivity index (χ0) is 13.8. The Kier molecular flexibility index (Phi) is 4.55. The van der Waals surface area contributed by atoms with Gasteiger partial charge in [0.15, 0.2) is 0 Å². The fourth-order valence-electron chi connectivity index (χ4n) is 1.76. The molecule has 19 heavy (non-hydrogen) atoms. The van der Waals surface area contributed by atoms with Crippen LogP contribution in [0.3, 0.4) is 0 Å². The molecule has 1 aromatic carbocycles. The standard InChI is InChI=1S/C13H17BrN4O/c1-9(15-2)12-5-4-10(14)6-13(12)19-8-11-7-18(3)17-16-11/h4-7,9,15H,8H2,1-3H3. The number of halogens is 1. The molecule has 6 heteroatoms. The van der Waals surface area contributed by atoms with Gasteiger partial charge in [-0.3, -0.25) is 4.68 Å². The van der Waals surface area contributed by atoms with Gasteiger partial charge in [-0.05, 0) is 26.1 Å². The van der Waals surface area contributed by atoms with Crippen molar-refractivity contribution in [2.75, 3.05) is 7.05 Å². The maximum absolute atomic E-state index is 5.85. The van der Waals surface area contributed by atoms with Crippen LogP contribution in [0.4, 0.5) is 0 Å². The van der Waals surface area contributed by atoms with Crippen molar-refractivity contribution in [2.45, 2.75) is 19.6 Å². The molecule has 0 fully saturated rings. The van der Waals surface area contributed by atoms with Crippen LogP contribution in [0.2, 0.25) is 0 Å². The molecule has 0 radical (unpaired) electrons. The van der Waals surface area contributed by atoms with Gasteiger partial charge in [-0.25, -0.2) is 0 Å². The van der Waals surface area contributed by atoms with E-state index in [9.17, 15) is 0 Å². The predicted octanol–water partition coefficient (Wildman–Crippen LogP) is 2.44. The molecule has 1 atom stereocenters. The predicted molar refractivity (Wildman–Crippen MR) is 77.0 cm³/mol. The van der Waals surface area contributed by atoms with Crippen molar-refractivity contribution >= 4 is 15.9 Å². The summed E-state index contributed by atoms with van der Waals surface area (Å²) in [4.78, 5) is 0. The van der Waals surface area contributed by atoms with E-state index in [1.807, 2.05) is 32.4 Å². The lowest BCUT2D eigenvalue weighted by Crippen LogP contribution is -2.13. The highest BCUT2D eigenvalue weighted by molar-refractivity contribution is 9.10. The van der Waals surface area contributed by atoms with Crippen LogP contribution in [0, 0.1) is 0 Å². The minimum Gasteiger partial charge on any atom is -0.487 e. The quantitative estimate of drug-likeness (QED) is 0.917. The van der Waals surface area contributed by atoms with Crippen molar-refractivity contribution < 1.29 is 4.74 Å². The van der Waals surface area contributed by atoms with Crippen LogP contribution in [0.15, 0.2) is 28.9 Å². The minimum absolute atomic E-state index is 0.227. The molecular weight excluding hydrogens is 308 g/mol. The Labute approximate surface area is 121 Å². The van der Waals surface area contributed by atoms with Gasteiger partial charge >= 0.3 is 0 Å². The normalized spacial score (nSPS) is 12.4. The number of aryl methyl sites for hydroxylation is 1. The summed E-state index contributed by atoms with van der Waals surface area (Å²) < 4.78 is 8.51. The Morgan fingerprint density at radius 2 is 2.26 bits per heavy atom. The zero-order valence-corrected chi connectivity index (χ0v) is 12.8. The summed E-state index contributed by atoms with van der Waals surface area (Å²) in [5.74, 6) is 0.849. The summed E-state index contributed by atoms with van der Waals surface area (Å²) in [7, 11) is 3.77. The van der Waals surface area contributed by atoms with Crippen LogP contribution in [0.5, 0.6) is 5.75 Å². The van der Waals surface area contributed by atoms with Crippen molar-refractivity contribution in [3.63, 3.8) is 0 Å². The largest absolute Gasteiger partial charge is 0.487 e. The molecule has 0 aliphatic heterocycles. The molecule has 0 bridgehead atoms. The maximum atomic E-state index is 5.85. The smallest absolute Gasteiger partial charge is 0.134 e. The van der Waals surface area contributed by atoms with E-state index in [0.717, 1.165) is 21.5 Å². The second-order valence-electron chi connectivity index (χ2n) is 4.36. The third-order valence-electron chi connectivity index (χ3n) is 2.90. The van der Waals surface area contributed by atoms with Crippen LogP contribution >= 0.6 is 15.9 Å². The van der Waals surface area contributed by atoms with Gasteiger partial charge in [0, 0.05) is 23.1 Å². The lowest BCUT2D eigenvalue weighted by atomic mass is 10.1. The molecule has 0 saturated heterocycles. The first-order valence-corrected chi connectivity index (χ1v) is 6.84. The summed E-state index contributed by atoms with van der Waals surface area (Å²) in [5.41, 5.74) is 1.93. The molecule has 1 N–H and O–H groups in total. The van der Waals surface area contributed by atoms with Crippen LogP contribution in [0.1, 0.15) is 24.2 Å². The fraction of sp³-hybridized carbons (Fsp3) is 0.385. The van der Waals surface area contributed by atoms with E-state index in [4.69, 9.17) is 4.74 Å². The van der Waals surface area contributed by atoms with Gasteiger partial charge in [-0.2, -0.15) is 0 Å². The molecule has 0 amide bonds. The number of rotatable bonds is 5. The topological polar surface area (TPSA) is 52.0 Å². The van der Waals surface area contributed by atoms with E-state index in [1.54, 1.807) is 4.68 Å². The first-order valence-electron chi connectivity index (χ1n) is 6.05. The molecule has 1 heterocycles. The lowest BCUT2D eigenvalue weighted by molar-refractivity contribution is 0.295. The highest BCUT2D eigenvalue weighted by Crippen LogP contribution is 2.29. The molecule has 1 aromatic heterocycles. The fourth-order valence-corrected chi connectivity index (χ4v) is 2.10. The highest BCUT2D eigenvalue weighted by atomic mass is 79.9. The number of nitrogens with one attached hydrogen (secondary N) is 1. The molecule has 0 aliphatic rings. The van der Waals surface area contributed by atoms with E-state index >= 15 is 0 Å². The summed E-state index contributed by atoms with van der Waals surface area (Å²) in [6, 6.07) is 6.26. The average Bonchev–Trinajstić information content (AvgIpc) is 2.81. The van der Waals surface area contributed by atoms with Gasteiger partial charge in [0.1, 0.15) is 18.1 Å². The molecule has 102 valence electrons. The van der Waals surface area contributed by atoms with Crippen molar-refractivity contribution in [2.24, 2.45) is 7.05 Å². The first kappa shape index (κ1) is 14.0. The average molecular weight is 325 g/mol. The summed E-state index contributed by atoms with van der Waals surface area (Å²) in [5, 5.41) is 11.1. The third kappa shape index (κ3) is 3.54. The molecule has 1 unspecified atom stereocenters. The van der Waals surface area contributed by atoms with Crippen molar-refractivity contribution in [3.05, 3.63) is 40.1 Å². The van der Waals surface area contributed by atoms with Crippen molar-refractivity contribution in [3.8, 4) is 5.75 Å². The molecule has 0 spiro atoms. The first-order chi connectivity index (χ1) is 9.10. The lowest BCUT2D eigenvalue weighted by Gasteiger charge is -2.16. The summed E-state index contributed by atoms with van der Waals surface area (Å²) in [6.07, 6.45) is 1.85. The molecule has 0 aliphatic carbocycles. The summed E-state index contributed by atoms with van der Waals surface area (Å²) in [6.45, 7) is 2.51. The van der Waals surface area contributed by atoms with Gasteiger partial charge in [0.2, 0.25) is 0 Å². The van der Waals surface area contributed by atoms with Crippen LogP contribution in [-0.4, -0.2) is 22.0 Å². The number of benzene rings is 1. The van der Waals surface area contributed by atoms with Gasteiger partial charge in [-0.1, -0.05) is 27.2 Å². The monoisotopic (exact) mass is 324 g/mol. The van der Waals surface area contributed by atoms with Gasteiger partial charge < -0.3 is 10.1 Å². The number of nitrogens with zero attached hydrogens (tertiary/aromatic N) is 3. The molecule has 2 aromatic rings. The SMILES string of the molecule is CNC(C)c1ccc(Br)cc1OCc1cn(C)nn1. The Balaban J connectivity index is 2.16. The molecular formula is C13H17BrN4O. The molecule has 2 rings (SSSR count). The Hall–Kier alpha value is -1.40. The Morgan fingerprint density at radius 3 is 2.89 bits per heavy atom. The second kappa shape index (κ2) is 6.16. The van der Waals surface area contributed by atoms with Crippen molar-refractivity contribution in [1.29, 1.82) is 0 Å². The zero-order valence-electron chi connectivity index (χ0n) is 11.2. The third-order valence-corrected chi connectivity index (χ3v) is 3.39. The Morgan fingerprint density at radius 1 is 1.47 bits per heavy atom. The maximum Gasteiger partial charge on any atom is 0.134 e. The van der Waals surface area contributed by atoms with Gasteiger partial charge in [0.25, 0.3) is 0 Å². The number of hydrogen-bond acceptors (Lipinski definition) is 4. The van der Waals surface area contributed by atoms with Gasteiger partial charge in [0.05, 0.1) is 6.20 Å². The van der Waals surface area contributed by atoms with Crippen LogP contribution in [-0.2, 0) is 13.7 Å². The number of ether oxygens (including phenoxy) is 1.